The molecule has 0 atom stereocenters. The van der Waals surface area contributed by atoms with E-state index in [0.29, 0.717) is 12.8 Å². The van der Waals surface area contributed by atoms with Crippen LogP contribution in [0.5, 0.6) is 5.75 Å². The summed E-state index contributed by atoms with van der Waals surface area (Å²) >= 11 is 0. The maximum Gasteiger partial charge on any atom is 0.255 e. The number of para-hydroxylation sites is 1. The van der Waals surface area contributed by atoms with E-state index in [1.54, 1.807) is 7.11 Å². The molecule has 0 saturated carbocycles. The molecule has 104 valence electrons. The topological polar surface area (TPSA) is 41.9 Å². The van der Waals surface area contributed by atoms with Crippen molar-refractivity contribution in [3.05, 3.63) is 29.8 Å². The molecule has 1 aromatic rings. The van der Waals surface area contributed by atoms with E-state index in [2.05, 4.69) is 24.0 Å². The van der Waals surface area contributed by atoms with Crippen LogP contribution in [0.1, 0.15) is 38.2 Å². The molecule has 4 nitrogen and oxygen atoms in total. The van der Waals surface area contributed by atoms with Crippen LogP contribution in [-0.2, 0) is 4.79 Å². The summed E-state index contributed by atoms with van der Waals surface area (Å²) in [5, 5.41) is 5.63. The number of carbonyl (C=O) groups excluding carboxylic acids is 1. The van der Waals surface area contributed by atoms with Crippen molar-refractivity contribution < 1.29 is 9.53 Å². The summed E-state index contributed by atoms with van der Waals surface area (Å²) in [7, 11) is 1.63. The summed E-state index contributed by atoms with van der Waals surface area (Å²) in [6.07, 6.45) is 2.78. The van der Waals surface area contributed by atoms with Gasteiger partial charge in [0.2, 0.25) is 0 Å². The first-order valence-electron chi connectivity index (χ1n) is 6.78. The number of ether oxygens (including phenoxy) is 1. The normalized spacial score (nSPS) is 14.4. The van der Waals surface area contributed by atoms with E-state index in [1.165, 1.54) is 5.01 Å². The van der Waals surface area contributed by atoms with Crippen molar-refractivity contribution in [3.8, 4) is 17.7 Å². The zero-order valence-electron chi connectivity index (χ0n) is 11.8. The fourth-order valence-corrected chi connectivity index (χ4v) is 1.97. The molecule has 1 aliphatic rings. The van der Waals surface area contributed by atoms with E-state index in [4.69, 9.17) is 4.74 Å². The predicted molar refractivity (Wildman–Crippen MR) is 78.3 cm³/mol. The van der Waals surface area contributed by atoms with Gasteiger partial charge in [-0.3, -0.25) is 4.79 Å². The predicted octanol–water partition coefficient (Wildman–Crippen LogP) is 2.78. The van der Waals surface area contributed by atoms with Crippen LogP contribution >= 0.6 is 0 Å². The number of amides is 1. The molecule has 20 heavy (non-hydrogen) atoms. The number of hydrazone groups is 1. The van der Waals surface area contributed by atoms with Crippen LogP contribution in [0.3, 0.4) is 0 Å². The Hall–Kier alpha value is -2.28. The van der Waals surface area contributed by atoms with Crippen LogP contribution in [0.15, 0.2) is 29.4 Å². The third-order valence-electron chi connectivity index (χ3n) is 3.01. The van der Waals surface area contributed by atoms with Crippen molar-refractivity contribution in [3.63, 3.8) is 0 Å². The number of methoxy groups -OCH3 is 1. The molecule has 1 aromatic carbocycles. The van der Waals surface area contributed by atoms with Gasteiger partial charge in [-0.25, -0.2) is 0 Å². The molecule has 0 saturated heterocycles. The van der Waals surface area contributed by atoms with E-state index >= 15 is 0 Å². The minimum absolute atomic E-state index is 0.0488. The molecule has 1 aliphatic heterocycles. The summed E-state index contributed by atoms with van der Waals surface area (Å²) < 4.78 is 5.34. The molecule has 0 bridgehead atoms. The van der Waals surface area contributed by atoms with Crippen molar-refractivity contribution in [2.75, 3.05) is 7.11 Å². The molecule has 0 fully saturated rings. The molecular formula is C16H18N2O2. The van der Waals surface area contributed by atoms with Gasteiger partial charge in [0.25, 0.3) is 5.91 Å². The van der Waals surface area contributed by atoms with Crippen LogP contribution in [0, 0.1) is 12.0 Å². The zero-order valence-corrected chi connectivity index (χ0v) is 11.8. The molecule has 0 N–H and O–H groups in total. The zero-order chi connectivity index (χ0) is 14.4. The first-order chi connectivity index (χ1) is 9.76. The van der Waals surface area contributed by atoms with Gasteiger partial charge in [0.15, 0.2) is 0 Å². The second-order valence-electron chi connectivity index (χ2n) is 4.49. The van der Waals surface area contributed by atoms with Crippen molar-refractivity contribution in [1.29, 1.82) is 0 Å². The average molecular weight is 270 g/mol. The van der Waals surface area contributed by atoms with E-state index in [-0.39, 0.29) is 5.91 Å². The maximum absolute atomic E-state index is 11.8. The smallest absolute Gasteiger partial charge is 0.255 e. The highest BCUT2D eigenvalue weighted by Crippen LogP contribution is 2.23. The highest BCUT2D eigenvalue weighted by atomic mass is 16.5. The van der Waals surface area contributed by atoms with Gasteiger partial charge in [-0.2, -0.15) is 10.1 Å². The molecule has 0 spiro atoms. The third kappa shape index (κ3) is 3.18. The average Bonchev–Trinajstić information content (AvgIpc) is 2.49. The Balaban J connectivity index is 2.30. The summed E-state index contributed by atoms with van der Waals surface area (Å²) in [6.45, 7) is 2.05. The number of hydrogen-bond donors (Lipinski definition) is 0. The lowest BCUT2D eigenvalue weighted by Gasteiger charge is -2.19. The van der Waals surface area contributed by atoms with Crippen LogP contribution in [0.25, 0.3) is 0 Å². The molecule has 4 heteroatoms. The Kier molecular flexibility index (Phi) is 4.78. The summed E-state index contributed by atoms with van der Waals surface area (Å²) in [4.78, 5) is 11.8. The van der Waals surface area contributed by atoms with E-state index in [1.807, 2.05) is 24.3 Å². The Bertz CT molecular complexity index is 582. The van der Waals surface area contributed by atoms with Gasteiger partial charge in [-0.15, -0.1) is 0 Å². The SMILES string of the molecule is CCCC#CN1N=C(c2ccccc2OC)CCC1=O. The minimum atomic E-state index is -0.0488. The van der Waals surface area contributed by atoms with Crippen LogP contribution in [0.4, 0.5) is 0 Å². The van der Waals surface area contributed by atoms with E-state index in [0.717, 1.165) is 29.9 Å². The molecule has 0 radical (unpaired) electrons. The summed E-state index contributed by atoms with van der Waals surface area (Å²) in [5.74, 6) is 3.67. The number of hydrogen-bond acceptors (Lipinski definition) is 3. The Morgan fingerprint density at radius 3 is 2.90 bits per heavy atom. The van der Waals surface area contributed by atoms with Crippen LogP contribution < -0.4 is 4.74 Å². The number of unbranched alkanes of at least 4 members (excludes halogenated alkanes) is 1. The van der Waals surface area contributed by atoms with E-state index in [9.17, 15) is 4.79 Å². The first-order valence-corrected chi connectivity index (χ1v) is 6.78. The number of carbonyl (C=O) groups is 1. The minimum Gasteiger partial charge on any atom is -0.496 e. The molecule has 1 heterocycles. The fraction of sp³-hybridized carbons (Fsp3) is 0.375. The molecule has 1 amide bonds. The number of nitrogens with zero attached hydrogens (tertiary/aromatic N) is 2. The van der Waals surface area contributed by atoms with Gasteiger partial charge >= 0.3 is 0 Å². The largest absolute Gasteiger partial charge is 0.496 e. The van der Waals surface area contributed by atoms with Crippen molar-refractivity contribution >= 4 is 11.6 Å². The second kappa shape index (κ2) is 6.76. The lowest BCUT2D eigenvalue weighted by molar-refractivity contribution is -0.128. The maximum atomic E-state index is 11.8. The molecule has 0 aromatic heterocycles. The van der Waals surface area contributed by atoms with Gasteiger partial charge in [0.05, 0.1) is 12.8 Å². The van der Waals surface area contributed by atoms with Crippen LogP contribution in [-0.4, -0.2) is 23.7 Å². The Morgan fingerprint density at radius 2 is 2.15 bits per heavy atom. The lowest BCUT2D eigenvalue weighted by Crippen LogP contribution is -2.28. The molecular weight excluding hydrogens is 252 g/mol. The van der Waals surface area contributed by atoms with Gasteiger partial charge < -0.3 is 4.74 Å². The molecule has 0 aliphatic carbocycles. The van der Waals surface area contributed by atoms with Gasteiger partial charge in [0.1, 0.15) is 5.75 Å². The summed E-state index contributed by atoms with van der Waals surface area (Å²) in [6, 6.07) is 10.5. The summed E-state index contributed by atoms with van der Waals surface area (Å²) in [5.41, 5.74) is 1.76. The van der Waals surface area contributed by atoms with Crippen molar-refractivity contribution in [2.24, 2.45) is 5.10 Å². The van der Waals surface area contributed by atoms with Crippen LogP contribution in [0.2, 0.25) is 0 Å². The van der Waals surface area contributed by atoms with Gasteiger partial charge in [0, 0.05) is 30.9 Å². The quantitative estimate of drug-likeness (QED) is 0.792. The number of benzene rings is 1. The fourth-order valence-electron chi connectivity index (χ4n) is 1.97. The van der Waals surface area contributed by atoms with Gasteiger partial charge in [-0.1, -0.05) is 25.0 Å². The Morgan fingerprint density at radius 1 is 1.35 bits per heavy atom. The highest BCUT2D eigenvalue weighted by molar-refractivity contribution is 6.06. The molecule has 0 unspecified atom stereocenters. The second-order valence-corrected chi connectivity index (χ2v) is 4.49. The molecule has 2 rings (SSSR count). The monoisotopic (exact) mass is 270 g/mol. The third-order valence-corrected chi connectivity index (χ3v) is 3.01. The van der Waals surface area contributed by atoms with E-state index < -0.39 is 0 Å². The van der Waals surface area contributed by atoms with Crippen molar-refractivity contribution in [2.45, 2.75) is 32.6 Å². The first kappa shape index (κ1) is 14.1. The van der Waals surface area contributed by atoms with Crippen molar-refractivity contribution in [1.82, 2.24) is 5.01 Å². The van der Waals surface area contributed by atoms with Gasteiger partial charge in [-0.05, 0) is 18.6 Å². The lowest BCUT2D eigenvalue weighted by atomic mass is 10.0. The standard InChI is InChI=1S/C16H18N2O2/c1-3-4-7-12-18-16(19)11-10-14(17-18)13-8-5-6-9-15(13)20-2/h5-6,8-9H,3-4,10-11H2,1-2H3. The number of rotatable bonds is 3. The Labute approximate surface area is 119 Å². The highest BCUT2D eigenvalue weighted by Gasteiger charge is 2.21.